The molecule has 0 radical (unpaired) electrons. The van der Waals surface area contributed by atoms with Crippen molar-refractivity contribution in [1.29, 1.82) is 0 Å². The predicted molar refractivity (Wildman–Crippen MR) is 100 cm³/mol. The second-order valence-corrected chi connectivity index (χ2v) is 6.87. The lowest BCUT2D eigenvalue weighted by molar-refractivity contribution is -0.121. The maximum Gasteiger partial charge on any atom is 0.242 e. The summed E-state index contributed by atoms with van der Waals surface area (Å²) >= 11 is 8.63. The maximum absolute atomic E-state index is 12.1. The third-order valence-electron chi connectivity index (χ3n) is 3.91. The number of rotatable bonds is 5. The van der Waals surface area contributed by atoms with Gasteiger partial charge < -0.3 is 14.8 Å². The molecular weight excluding hydrogens is 394 g/mol. The number of hydrogen-bond donors (Lipinski definition) is 3. The predicted octanol–water partition coefficient (Wildman–Crippen LogP) is 2.45. The number of halogens is 1. The Kier molecular flexibility index (Phi) is 7.11. The summed E-state index contributed by atoms with van der Waals surface area (Å²) in [5.74, 6) is 0.988. The quantitative estimate of drug-likeness (QED) is 0.506. The number of benzene rings is 1. The fourth-order valence-corrected chi connectivity index (χ4v) is 3.35. The number of hydrazine groups is 1. The number of carbonyl (C=O) groups excluding carboxylic acids is 1. The fraction of sp³-hybridized carbons (Fsp3) is 0.500. The third kappa shape index (κ3) is 5.24. The van der Waals surface area contributed by atoms with Crippen LogP contribution in [0.15, 0.2) is 16.6 Å². The number of carbonyl (C=O) groups is 1. The van der Waals surface area contributed by atoms with E-state index in [-0.39, 0.29) is 12.3 Å². The van der Waals surface area contributed by atoms with Crippen LogP contribution in [0.3, 0.4) is 0 Å². The molecule has 24 heavy (non-hydrogen) atoms. The molecule has 1 aromatic rings. The standard InChI is InChI=1S/C16H22BrN3O3S/c1-22-13-7-10(12(17)9-14(13)23-2)8-15(21)19-20-16(24)18-11-5-3-4-6-11/h7,9,11H,3-6,8H2,1-2H3,(H,19,21)(H2,18,20,24). The van der Waals surface area contributed by atoms with E-state index in [4.69, 9.17) is 21.7 Å². The van der Waals surface area contributed by atoms with Crippen LogP contribution in [0.4, 0.5) is 0 Å². The average Bonchev–Trinajstić information content (AvgIpc) is 3.07. The SMILES string of the molecule is COc1cc(Br)c(CC(=O)NNC(=S)NC2CCCC2)cc1OC. The van der Waals surface area contributed by atoms with Crippen LogP contribution < -0.4 is 25.6 Å². The van der Waals surface area contributed by atoms with E-state index in [2.05, 4.69) is 32.1 Å². The van der Waals surface area contributed by atoms with Gasteiger partial charge in [0.05, 0.1) is 20.6 Å². The zero-order valence-electron chi connectivity index (χ0n) is 13.8. The van der Waals surface area contributed by atoms with Gasteiger partial charge >= 0.3 is 0 Å². The Morgan fingerprint density at radius 2 is 1.83 bits per heavy atom. The van der Waals surface area contributed by atoms with E-state index in [1.54, 1.807) is 26.4 Å². The highest BCUT2D eigenvalue weighted by molar-refractivity contribution is 9.10. The summed E-state index contributed by atoms with van der Waals surface area (Å²) in [6.07, 6.45) is 4.86. The first-order chi connectivity index (χ1) is 11.5. The zero-order chi connectivity index (χ0) is 17.5. The monoisotopic (exact) mass is 415 g/mol. The lowest BCUT2D eigenvalue weighted by Gasteiger charge is -2.16. The van der Waals surface area contributed by atoms with E-state index in [0.717, 1.165) is 22.9 Å². The van der Waals surface area contributed by atoms with Crippen molar-refractivity contribution in [2.24, 2.45) is 0 Å². The first-order valence-electron chi connectivity index (χ1n) is 7.79. The summed E-state index contributed by atoms with van der Waals surface area (Å²) < 4.78 is 11.3. The lowest BCUT2D eigenvalue weighted by Crippen LogP contribution is -2.49. The molecule has 0 saturated heterocycles. The summed E-state index contributed by atoms with van der Waals surface area (Å²) in [4.78, 5) is 12.1. The number of nitrogens with one attached hydrogen (secondary N) is 3. The van der Waals surface area contributed by atoms with Crippen LogP contribution in [0, 0.1) is 0 Å². The van der Waals surface area contributed by atoms with Crippen molar-refractivity contribution in [3.05, 3.63) is 22.2 Å². The smallest absolute Gasteiger partial charge is 0.242 e. The molecule has 0 aliphatic heterocycles. The molecule has 8 heteroatoms. The molecule has 0 aromatic heterocycles. The van der Waals surface area contributed by atoms with Crippen LogP contribution >= 0.6 is 28.1 Å². The molecule has 1 aliphatic carbocycles. The Bertz CT molecular complexity index is 606. The minimum atomic E-state index is -0.196. The van der Waals surface area contributed by atoms with Crippen molar-refractivity contribution in [3.63, 3.8) is 0 Å². The second-order valence-electron chi connectivity index (χ2n) is 5.60. The largest absolute Gasteiger partial charge is 0.493 e. The molecule has 1 aliphatic rings. The normalized spacial score (nSPS) is 14.1. The molecule has 0 bridgehead atoms. The summed E-state index contributed by atoms with van der Waals surface area (Å²) in [5.41, 5.74) is 6.16. The van der Waals surface area contributed by atoms with Gasteiger partial charge in [0.1, 0.15) is 0 Å². The molecule has 1 saturated carbocycles. The summed E-state index contributed by atoms with van der Waals surface area (Å²) in [5, 5.41) is 3.65. The fourth-order valence-electron chi connectivity index (χ4n) is 2.67. The second kappa shape index (κ2) is 9.08. The van der Waals surface area contributed by atoms with Crippen molar-refractivity contribution in [2.75, 3.05) is 14.2 Å². The van der Waals surface area contributed by atoms with Gasteiger partial charge in [0.2, 0.25) is 5.91 Å². The minimum absolute atomic E-state index is 0.181. The molecule has 132 valence electrons. The Labute approximate surface area is 155 Å². The molecule has 0 atom stereocenters. The first kappa shape index (κ1) is 18.8. The van der Waals surface area contributed by atoms with Gasteiger partial charge in [-0.25, -0.2) is 0 Å². The minimum Gasteiger partial charge on any atom is -0.493 e. The first-order valence-corrected chi connectivity index (χ1v) is 8.99. The van der Waals surface area contributed by atoms with Crippen LogP contribution in [-0.2, 0) is 11.2 Å². The van der Waals surface area contributed by atoms with E-state index in [9.17, 15) is 4.79 Å². The van der Waals surface area contributed by atoms with Gasteiger partial charge in [-0.2, -0.15) is 0 Å². The van der Waals surface area contributed by atoms with Crippen molar-refractivity contribution in [3.8, 4) is 11.5 Å². The average molecular weight is 416 g/mol. The van der Waals surface area contributed by atoms with Crippen molar-refractivity contribution in [1.82, 2.24) is 16.2 Å². The lowest BCUT2D eigenvalue weighted by atomic mass is 10.1. The van der Waals surface area contributed by atoms with Gasteiger partial charge in [0, 0.05) is 10.5 Å². The molecule has 1 amide bonds. The highest BCUT2D eigenvalue weighted by Crippen LogP contribution is 2.33. The number of hydrogen-bond acceptors (Lipinski definition) is 4. The van der Waals surface area contributed by atoms with Gasteiger partial charge in [0.15, 0.2) is 16.6 Å². The van der Waals surface area contributed by atoms with Crippen LogP contribution in [0.2, 0.25) is 0 Å². The van der Waals surface area contributed by atoms with Gasteiger partial charge in [-0.15, -0.1) is 0 Å². The highest BCUT2D eigenvalue weighted by atomic mass is 79.9. The molecule has 0 heterocycles. The number of ether oxygens (including phenoxy) is 2. The summed E-state index contributed by atoms with van der Waals surface area (Å²) in [6.45, 7) is 0. The van der Waals surface area contributed by atoms with Gasteiger partial charge in [-0.1, -0.05) is 28.8 Å². The molecule has 0 spiro atoms. The van der Waals surface area contributed by atoms with Gasteiger partial charge in [0.25, 0.3) is 0 Å². The van der Waals surface area contributed by atoms with Gasteiger partial charge in [-0.05, 0) is 42.8 Å². The Hall–Kier alpha value is -1.54. The molecule has 6 nitrogen and oxygen atoms in total. The van der Waals surface area contributed by atoms with Crippen molar-refractivity contribution >= 4 is 39.2 Å². The zero-order valence-corrected chi connectivity index (χ0v) is 16.2. The van der Waals surface area contributed by atoms with Crippen molar-refractivity contribution in [2.45, 2.75) is 38.1 Å². The Morgan fingerprint density at radius 1 is 1.21 bits per heavy atom. The number of thiocarbonyl (C=S) groups is 1. The summed E-state index contributed by atoms with van der Waals surface area (Å²) in [7, 11) is 3.13. The highest BCUT2D eigenvalue weighted by Gasteiger charge is 2.16. The van der Waals surface area contributed by atoms with Crippen LogP contribution in [0.1, 0.15) is 31.2 Å². The van der Waals surface area contributed by atoms with E-state index < -0.39 is 0 Å². The molecule has 3 N–H and O–H groups in total. The van der Waals surface area contributed by atoms with Crippen LogP contribution in [0.25, 0.3) is 0 Å². The Balaban J connectivity index is 1.86. The van der Waals surface area contributed by atoms with Crippen molar-refractivity contribution < 1.29 is 14.3 Å². The maximum atomic E-state index is 12.1. The van der Waals surface area contributed by atoms with E-state index in [0.29, 0.717) is 22.7 Å². The Morgan fingerprint density at radius 3 is 2.46 bits per heavy atom. The van der Waals surface area contributed by atoms with Gasteiger partial charge in [-0.3, -0.25) is 15.6 Å². The molecular formula is C16H22BrN3O3S. The van der Waals surface area contributed by atoms with Crippen LogP contribution in [0.5, 0.6) is 11.5 Å². The summed E-state index contributed by atoms with van der Waals surface area (Å²) in [6, 6.07) is 3.96. The van der Waals surface area contributed by atoms with E-state index >= 15 is 0 Å². The number of amides is 1. The van der Waals surface area contributed by atoms with E-state index in [1.165, 1.54) is 12.8 Å². The number of methoxy groups -OCH3 is 2. The third-order valence-corrected chi connectivity index (χ3v) is 4.87. The molecule has 2 rings (SSSR count). The molecule has 1 fully saturated rings. The molecule has 0 unspecified atom stereocenters. The molecule has 1 aromatic carbocycles. The van der Waals surface area contributed by atoms with Crippen LogP contribution in [-0.4, -0.2) is 31.3 Å². The topological polar surface area (TPSA) is 71.6 Å². The van der Waals surface area contributed by atoms with E-state index in [1.807, 2.05) is 0 Å².